The molecule has 0 radical (unpaired) electrons. The molecule has 0 saturated carbocycles. The zero-order chi connectivity index (χ0) is 21.2. The molecular formula is C19H29FN4O4S. The summed E-state index contributed by atoms with van der Waals surface area (Å²) in [5.74, 6) is -1.50. The number of aromatic hydroxyl groups is 1. The molecule has 0 unspecified atom stereocenters. The van der Waals surface area contributed by atoms with Gasteiger partial charge in [-0.2, -0.15) is 8.42 Å². The number of carbonyl (C=O) groups excluding carboxylic acids is 1. The Kier molecular flexibility index (Phi) is 6.65. The summed E-state index contributed by atoms with van der Waals surface area (Å²) in [6.07, 6.45) is 3.29. The molecule has 1 atom stereocenters. The van der Waals surface area contributed by atoms with Crippen molar-refractivity contribution in [3.05, 3.63) is 23.5 Å². The summed E-state index contributed by atoms with van der Waals surface area (Å²) in [6, 6.07) is 2.81. The van der Waals surface area contributed by atoms with Gasteiger partial charge < -0.3 is 15.3 Å². The number of phenols is 1. The number of nitrogens with zero attached hydrogens (tertiary/aromatic N) is 2. The van der Waals surface area contributed by atoms with E-state index in [2.05, 4.69) is 24.1 Å². The number of halogens is 1. The first-order chi connectivity index (χ1) is 13.7. The molecule has 3 N–H and O–H groups in total. The third-order valence-electron chi connectivity index (χ3n) is 5.30. The number of rotatable bonds is 7. The van der Waals surface area contributed by atoms with E-state index in [1.807, 2.05) is 0 Å². The maximum Gasteiger partial charge on any atom is 0.326 e. The highest BCUT2D eigenvalue weighted by atomic mass is 32.2. The Morgan fingerprint density at radius 1 is 1.38 bits per heavy atom. The number of amides is 1. The van der Waals surface area contributed by atoms with Gasteiger partial charge in [0, 0.05) is 19.1 Å². The standard InChI is InChI=1S/C19H29FN4O4S/c1-13(2)5-7-23-6-3-4-15(11-23)21-10-14-8-16(20)19(17(25)9-14)24-12-18(26)22-29(24,27)28/h8-9,13,15,21,25H,3-7,10-12H2,1-2H3,(H,22,26)/t15-/m0/s1. The van der Waals surface area contributed by atoms with Gasteiger partial charge in [0.1, 0.15) is 18.0 Å². The molecule has 10 heteroatoms. The third kappa shape index (κ3) is 5.37. The molecule has 2 aliphatic heterocycles. The van der Waals surface area contributed by atoms with Crippen LogP contribution in [0, 0.1) is 11.7 Å². The highest BCUT2D eigenvalue weighted by molar-refractivity contribution is 7.92. The van der Waals surface area contributed by atoms with Crippen LogP contribution < -0.4 is 14.3 Å². The van der Waals surface area contributed by atoms with Crippen LogP contribution >= 0.6 is 0 Å². The molecule has 2 heterocycles. The Hall–Kier alpha value is -1.91. The molecule has 0 aliphatic carbocycles. The first-order valence-corrected chi connectivity index (χ1v) is 11.4. The summed E-state index contributed by atoms with van der Waals surface area (Å²) in [4.78, 5) is 13.8. The van der Waals surface area contributed by atoms with E-state index < -0.39 is 39.9 Å². The number of likely N-dealkylation sites (tertiary alicyclic amines) is 1. The third-order valence-corrected chi connectivity index (χ3v) is 6.67. The molecule has 2 saturated heterocycles. The predicted molar refractivity (Wildman–Crippen MR) is 108 cm³/mol. The van der Waals surface area contributed by atoms with Gasteiger partial charge in [-0.1, -0.05) is 13.8 Å². The minimum atomic E-state index is -4.18. The Balaban J connectivity index is 1.63. The number of anilines is 1. The van der Waals surface area contributed by atoms with Gasteiger partial charge in [-0.3, -0.25) is 4.79 Å². The first-order valence-electron chi connectivity index (χ1n) is 9.96. The second-order valence-electron chi connectivity index (χ2n) is 8.19. The highest BCUT2D eigenvalue weighted by Gasteiger charge is 2.37. The van der Waals surface area contributed by atoms with E-state index in [-0.39, 0.29) is 6.04 Å². The van der Waals surface area contributed by atoms with Crippen LogP contribution in [0.2, 0.25) is 0 Å². The predicted octanol–water partition coefficient (Wildman–Crippen LogP) is 1.31. The first kappa shape index (κ1) is 21.8. The molecule has 0 spiro atoms. The van der Waals surface area contributed by atoms with Crippen molar-refractivity contribution in [3.8, 4) is 5.75 Å². The van der Waals surface area contributed by atoms with E-state index in [1.165, 1.54) is 12.1 Å². The lowest BCUT2D eigenvalue weighted by Crippen LogP contribution is -2.45. The molecule has 2 fully saturated rings. The van der Waals surface area contributed by atoms with Crippen molar-refractivity contribution in [2.75, 3.05) is 30.5 Å². The molecular weight excluding hydrogens is 399 g/mol. The van der Waals surface area contributed by atoms with E-state index in [0.29, 0.717) is 22.3 Å². The second kappa shape index (κ2) is 8.85. The van der Waals surface area contributed by atoms with Crippen molar-refractivity contribution in [2.24, 2.45) is 5.92 Å². The maximum atomic E-state index is 14.6. The Morgan fingerprint density at radius 2 is 2.14 bits per heavy atom. The molecule has 1 amide bonds. The molecule has 1 aromatic rings. The minimum Gasteiger partial charge on any atom is -0.506 e. The van der Waals surface area contributed by atoms with Gasteiger partial charge in [0.15, 0.2) is 5.82 Å². The van der Waals surface area contributed by atoms with Crippen molar-refractivity contribution in [1.29, 1.82) is 0 Å². The molecule has 1 aromatic carbocycles. The zero-order valence-corrected chi connectivity index (χ0v) is 17.6. The van der Waals surface area contributed by atoms with Crippen LogP contribution in [-0.4, -0.2) is 56.6 Å². The van der Waals surface area contributed by atoms with Crippen molar-refractivity contribution in [1.82, 2.24) is 14.9 Å². The van der Waals surface area contributed by atoms with E-state index in [1.54, 1.807) is 4.72 Å². The van der Waals surface area contributed by atoms with Crippen LogP contribution in [0.1, 0.15) is 38.7 Å². The molecule has 2 aliphatic rings. The van der Waals surface area contributed by atoms with Gasteiger partial charge in [-0.05, 0) is 56.0 Å². The number of carbonyl (C=O) groups is 1. The number of nitrogens with one attached hydrogen (secondary N) is 2. The van der Waals surface area contributed by atoms with Gasteiger partial charge in [0.05, 0.1) is 0 Å². The van der Waals surface area contributed by atoms with Crippen molar-refractivity contribution < 1.29 is 22.7 Å². The van der Waals surface area contributed by atoms with Crippen molar-refractivity contribution in [2.45, 2.75) is 45.7 Å². The number of piperidine rings is 1. The van der Waals surface area contributed by atoms with E-state index in [0.717, 1.165) is 38.9 Å². The lowest BCUT2D eigenvalue weighted by molar-refractivity contribution is -0.117. The topological polar surface area (TPSA) is 102 Å². The summed E-state index contributed by atoms with van der Waals surface area (Å²) in [5, 5.41) is 13.6. The molecule has 8 nitrogen and oxygen atoms in total. The van der Waals surface area contributed by atoms with Gasteiger partial charge >= 0.3 is 10.2 Å². The average molecular weight is 429 g/mol. The van der Waals surface area contributed by atoms with Crippen LogP contribution in [0.15, 0.2) is 12.1 Å². The average Bonchev–Trinajstić information content (AvgIpc) is 2.90. The van der Waals surface area contributed by atoms with Crippen LogP contribution in [0.5, 0.6) is 5.75 Å². The molecule has 0 aromatic heterocycles. The number of phenolic OH excluding ortho intramolecular Hbond substituents is 1. The van der Waals surface area contributed by atoms with Crippen LogP contribution in [0.4, 0.5) is 10.1 Å². The smallest absolute Gasteiger partial charge is 0.326 e. The monoisotopic (exact) mass is 428 g/mol. The van der Waals surface area contributed by atoms with Gasteiger partial charge in [0.25, 0.3) is 5.91 Å². The van der Waals surface area contributed by atoms with Crippen LogP contribution in [0.3, 0.4) is 0 Å². The summed E-state index contributed by atoms with van der Waals surface area (Å²) >= 11 is 0. The Bertz CT molecular complexity index is 839. The Morgan fingerprint density at radius 3 is 2.76 bits per heavy atom. The van der Waals surface area contributed by atoms with Crippen LogP contribution in [0.25, 0.3) is 0 Å². The zero-order valence-electron chi connectivity index (χ0n) is 16.8. The molecule has 29 heavy (non-hydrogen) atoms. The fraction of sp³-hybridized carbons (Fsp3) is 0.632. The molecule has 162 valence electrons. The summed E-state index contributed by atoms with van der Waals surface area (Å²) in [6.45, 7) is 7.31. The minimum absolute atomic E-state index is 0.279. The Labute approximate surface area is 171 Å². The van der Waals surface area contributed by atoms with E-state index in [4.69, 9.17) is 0 Å². The van der Waals surface area contributed by atoms with Crippen molar-refractivity contribution >= 4 is 21.8 Å². The normalized spacial score (nSPS) is 22.3. The fourth-order valence-electron chi connectivity index (χ4n) is 3.76. The van der Waals surface area contributed by atoms with E-state index in [9.17, 15) is 22.7 Å². The summed E-state index contributed by atoms with van der Waals surface area (Å²) in [5.41, 5.74) is 0.00330. The van der Waals surface area contributed by atoms with Gasteiger partial charge in [-0.15, -0.1) is 0 Å². The summed E-state index contributed by atoms with van der Waals surface area (Å²) in [7, 11) is -4.18. The number of hydrogen-bond donors (Lipinski definition) is 3. The lowest BCUT2D eigenvalue weighted by Gasteiger charge is -2.33. The van der Waals surface area contributed by atoms with Gasteiger partial charge in [-0.25, -0.2) is 13.4 Å². The van der Waals surface area contributed by atoms with Gasteiger partial charge in [0.2, 0.25) is 0 Å². The molecule has 3 rings (SSSR count). The fourth-order valence-corrected chi connectivity index (χ4v) is 4.93. The largest absolute Gasteiger partial charge is 0.506 e. The number of hydrogen-bond acceptors (Lipinski definition) is 6. The van der Waals surface area contributed by atoms with E-state index >= 15 is 0 Å². The highest BCUT2D eigenvalue weighted by Crippen LogP contribution is 2.34. The number of benzene rings is 1. The summed E-state index contributed by atoms with van der Waals surface area (Å²) < 4.78 is 40.7. The molecule has 0 bridgehead atoms. The quantitative estimate of drug-likeness (QED) is 0.605. The van der Waals surface area contributed by atoms with Crippen molar-refractivity contribution in [3.63, 3.8) is 0 Å². The lowest BCUT2D eigenvalue weighted by atomic mass is 10.0. The second-order valence-corrected chi connectivity index (χ2v) is 9.78. The SMILES string of the molecule is CC(C)CCN1CCC[C@H](NCc2cc(O)c(N3CC(=O)NS3(=O)=O)c(F)c2)C1. The van der Waals surface area contributed by atoms with Crippen LogP contribution in [-0.2, 0) is 21.5 Å². The maximum absolute atomic E-state index is 14.6.